The summed E-state index contributed by atoms with van der Waals surface area (Å²) in [7, 11) is 0. The first-order valence-corrected chi connectivity index (χ1v) is 3.94. The van der Waals surface area contributed by atoms with Crippen LogP contribution in [0.4, 0.5) is 0 Å². The third-order valence-electron chi connectivity index (χ3n) is 0.892. The first-order valence-electron chi connectivity index (χ1n) is 3.13. The number of rotatable bonds is 5. The summed E-state index contributed by atoms with van der Waals surface area (Å²) in [5.41, 5.74) is 5.24. The minimum atomic E-state index is 0. The molecular weight excluding hydrogens is 189 g/mol. The molecule has 0 unspecified atom stereocenters. The standard InChI is InChI=1S/C5H13N3S2.Na/c6-1-2-7-3-4-8-5(9)10;/h7H,1-4,6H2,(H2,8,9,10);/q;+1/p-1. The molecule has 0 spiro atoms. The van der Waals surface area contributed by atoms with Gasteiger partial charge in [0.2, 0.25) is 0 Å². The zero-order valence-corrected chi connectivity index (χ0v) is 10.4. The Balaban J connectivity index is 0. The van der Waals surface area contributed by atoms with Gasteiger partial charge >= 0.3 is 29.6 Å². The van der Waals surface area contributed by atoms with Crippen LogP contribution in [0.1, 0.15) is 0 Å². The summed E-state index contributed by atoms with van der Waals surface area (Å²) in [6.45, 7) is 3.14. The Morgan fingerprint density at radius 3 is 2.45 bits per heavy atom. The molecule has 0 saturated carbocycles. The smallest absolute Gasteiger partial charge is 0.412 e. The van der Waals surface area contributed by atoms with Crippen LogP contribution in [0.2, 0.25) is 0 Å². The van der Waals surface area contributed by atoms with Crippen molar-refractivity contribution in [2.24, 2.45) is 5.73 Å². The van der Waals surface area contributed by atoms with Crippen molar-refractivity contribution in [3.05, 3.63) is 0 Å². The molecule has 4 N–H and O–H groups in total. The fraction of sp³-hybridized carbons (Fsp3) is 0.800. The molecule has 6 heteroatoms. The van der Waals surface area contributed by atoms with E-state index in [0.717, 1.165) is 19.6 Å². The van der Waals surface area contributed by atoms with E-state index in [1.165, 1.54) is 0 Å². The molecular formula is C5H12N3NaS2. The first-order chi connectivity index (χ1) is 4.77. The van der Waals surface area contributed by atoms with E-state index >= 15 is 0 Å². The quantitative estimate of drug-likeness (QED) is 0.183. The molecule has 0 fully saturated rings. The maximum atomic E-state index is 5.24. The van der Waals surface area contributed by atoms with Gasteiger partial charge in [0.15, 0.2) is 0 Å². The monoisotopic (exact) mass is 201 g/mol. The maximum Gasteiger partial charge on any atom is 1.00 e. The fourth-order valence-electron chi connectivity index (χ4n) is 0.480. The predicted octanol–water partition coefficient (Wildman–Crippen LogP) is -4.04. The van der Waals surface area contributed by atoms with E-state index in [2.05, 4.69) is 35.5 Å². The number of nitrogens with one attached hydrogen (secondary N) is 2. The van der Waals surface area contributed by atoms with E-state index in [4.69, 9.17) is 5.73 Å². The van der Waals surface area contributed by atoms with Crippen LogP contribution in [0.15, 0.2) is 0 Å². The number of nitrogens with two attached hydrogens (primary N) is 1. The number of hydrogen-bond acceptors (Lipinski definition) is 4. The number of thiocarbonyl (C=S) groups is 1. The Labute approximate surface area is 101 Å². The third kappa shape index (κ3) is 13.9. The third-order valence-corrected chi connectivity index (χ3v) is 1.18. The first kappa shape index (κ1) is 14.5. The van der Waals surface area contributed by atoms with Crippen molar-refractivity contribution in [1.82, 2.24) is 10.6 Å². The second kappa shape index (κ2) is 11.0. The van der Waals surface area contributed by atoms with Gasteiger partial charge in [-0.2, -0.15) is 0 Å². The van der Waals surface area contributed by atoms with Crippen LogP contribution in [0.5, 0.6) is 0 Å². The summed E-state index contributed by atoms with van der Waals surface area (Å²) in [5, 5.41) is 5.94. The molecule has 0 aliphatic carbocycles. The van der Waals surface area contributed by atoms with E-state index in [1.54, 1.807) is 0 Å². The molecule has 0 rings (SSSR count). The van der Waals surface area contributed by atoms with Gasteiger partial charge in [-0.3, -0.25) is 0 Å². The zero-order chi connectivity index (χ0) is 7.82. The fourth-order valence-corrected chi connectivity index (χ4v) is 0.684. The SMILES string of the molecule is NCCNCCNC(=S)[S-].[Na+]. The molecule has 0 aromatic rings. The molecule has 0 bridgehead atoms. The molecule has 0 atom stereocenters. The summed E-state index contributed by atoms with van der Waals surface area (Å²) in [6.07, 6.45) is 0. The van der Waals surface area contributed by atoms with Crippen LogP contribution >= 0.6 is 12.2 Å². The largest absolute Gasteiger partial charge is 1.00 e. The average Bonchev–Trinajstić information content (AvgIpc) is 1.87. The van der Waals surface area contributed by atoms with Crippen LogP contribution < -0.4 is 45.9 Å². The van der Waals surface area contributed by atoms with Crippen molar-refractivity contribution in [2.75, 3.05) is 26.2 Å². The average molecular weight is 201 g/mol. The van der Waals surface area contributed by atoms with Crippen molar-refractivity contribution in [1.29, 1.82) is 0 Å². The molecule has 11 heavy (non-hydrogen) atoms. The van der Waals surface area contributed by atoms with Crippen molar-refractivity contribution in [3.63, 3.8) is 0 Å². The van der Waals surface area contributed by atoms with Gasteiger partial charge < -0.3 is 41.2 Å². The van der Waals surface area contributed by atoms with Crippen LogP contribution in [0.25, 0.3) is 0 Å². The summed E-state index contributed by atoms with van der Waals surface area (Å²) in [5.74, 6) is 0. The Bertz CT molecular complexity index is 102. The normalized spacial score (nSPS) is 8.45. The van der Waals surface area contributed by atoms with Gasteiger partial charge in [0.05, 0.1) is 0 Å². The minimum absolute atomic E-state index is 0. The zero-order valence-electron chi connectivity index (χ0n) is 6.72. The Morgan fingerprint density at radius 1 is 1.36 bits per heavy atom. The molecule has 0 radical (unpaired) electrons. The van der Waals surface area contributed by atoms with Crippen molar-refractivity contribution < 1.29 is 29.6 Å². The molecule has 0 aliphatic rings. The molecule has 0 aromatic carbocycles. The van der Waals surface area contributed by atoms with Gasteiger partial charge in [0.25, 0.3) is 0 Å². The molecule has 0 aromatic heterocycles. The van der Waals surface area contributed by atoms with Crippen molar-refractivity contribution >= 4 is 29.2 Å². The number of hydrogen-bond donors (Lipinski definition) is 3. The maximum absolute atomic E-state index is 5.24. The van der Waals surface area contributed by atoms with E-state index in [-0.39, 0.29) is 29.6 Å². The second-order valence-corrected chi connectivity index (χ2v) is 2.83. The van der Waals surface area contributed by atoms with Gasteiger partial charge in [-0.15, -0.1) is 0 Å². The minimum Gasteiger partial charge on any atom is -0.412 e. The second-order valence-electron chi connectivity index (χ2n) is 1.75. The summed E-state index contributed by atoms with van der Waals surface area (Å²) in [6, 6.07) is 0. The van der Waals surface area contributed by atoms with Gasteiger partial charge in [0, 0.05) is 26.2 Å². The van der Waals surface area contributed by atoms with Gasteiger partial charge in [0.1, 0.15) is 0 Å². The molecule has 0 saturated heterocycles. The summed E-state index contributed by atoms with van der Waals surface area (Å²) < 4.78 is 0.426. The summed E-state index contributed by atoms with van der Waals surface area (Å²) in [4.78, 5) is 0. The van der Waals surface area contributed by atoms with Crippen LogP contribution in [0, 0.1) is 0 Å². The van der Waals surface area contributed by atoms with Crippen molar-refractivity contribution in [3.8, 4) is 0 Å². The van der Waals surface area contributed by atoms with Crippen LogP contribution in [0.3, 0.4) is 0 Å². The Morgan fingerprint density at radius 2 is 2.00 bits per heavy atom. The van der Waals surface area contributed by atoms with Gasteiger partial charge in [-0.25, -0.2) is 0 Å². The Kier molecular flexibility index (Phi) is 14.6. The van der Waals surface area contributed by atoms with E-state index in [0.29, 0.717) is 10.9 Å². The van der Waals surface area contributed by atoms with Crippen molar-refractivity contribution in [2.45, 2.75) is 0 Å². The van der Waals surface area contributed by atoms with E-state index < -0.39 is 0 Å². The van der Waals surface area contributed by atoms with Crippen LogP contribution in [-0.4, -0.2) is 30.5 Å². The molecule has 0 heterocycles. The summed E-state index contributed by atoms with van der Waals surface area (Å²) >= 11 is 9.25. The van der Waals surface area contributed by atoms with E-state index in [1.807, 2.05) is 0 Å². The van der Waals surface area contributed by atoms with Gasteiger partial charge in [-0.1, -0.05) is 4.32 Å². The molecule has 60 valence electrons. The topological polar surface area (TPSA) is 50.1 Å². The Hall–Kier alpha value is 1.03. The molecule has 0 aliphatic heterocycles. The van der Waals surface area contributed by atoms with E-state index in [9.17, 15) is 0 Å². The van der Waals surface area contributed by atoms with Crippen LogP contribution in [-0.2, 0) is 12.6 Å². The molecule has 0 amide bonds. The molecule has 3 nitrogen and oxygen atoms in total. The van der Waals surface area contributed by atoms with Gasteiger partial charge in [-0.05, 0) is 0 Å². The predicted molar refractivity (Wildman–Crippen MR) is 49.9 cm³/mol.